The van der Waals surface area contributed by atoms with E-state index in [2.05, 4.69) is 35.4 Å². The van der Waals surface area contributed by atoms with Gasteiger partial charge in [0.1, 0.15) is 6.33 Å². The number of fused-ring (bicyclic) bond motifs is 1. The van der Waals surface area contributed by atoms with Crippen molar-refractivity contribution >= 4 is 28.9 Å². The molecule has 86 valence electrons. The molecule has 0 saturated heterocycles. The van der Waals surface area contributed by atoms with Crippen LogP contribution in [0.5, 0.6) is 0 Å². The van der Waals surface area contributed by atoms with Crippen LogP contribution in [-0.2, 0) is 0 Å². The fourth-order valence-electron chi connectivity index (χ4n) is 2.02. The molecule has 0 N–H and O–H groups in total. The van der Waals surface area contributed by atoms with Gasteiger partial charge in [-0.25, -0.2) is 9.97 Å². The molecule has 2 rings (SSSR count). The van der Waals surface area contributed by atoms with Crippen molar-refractivity contribution in [3.05, 3.63) is 35.8 Å². The summed E-state index contributed by atoms with van der Waals surface area (Å²) < 4.78 is 0. The van der Waals surface area contributed by atoms with Crippen LogP contribution in [-0.4, -0.2) is 16.2 Å². The Morgan fingerprint density at radius 1 is 1.29 bits per heavy atom. The van der Waals surface area contributed by atoms with E-state index in [0.29, 0.717) is 0 Å². The van der Waals surface area contributed by atoms with Gasteiger partial charge in [-0.15, -0.1) is 0 Å². The molecular formula is C14H15N3. The fourth-order valence-corrected chi connectivity index (χ4v) is 2.02. The van der Waals surface area contributed by atoms with E-state index in [-0.39, 0.29) is 0 Å². The molecule has 17 heavy (non-hydrogen) atoms. The number of aromatic nitrogens is 2. The van der Waals surface area contributed by atoms with Crippen molar-refractivity contribution in [1.82, 2.24) is 9.97 Å². The number of rotatable bonds is 2. The fraction of sp³-hybridized carbons (Fsp3) is 0.214. The van der Waals surface area contributed by atoms with Gasteiger partial charge in [0.05, 0.1) is 11.2 Å². The van der Waals surface area contributed by atoms with Crippen molar-refractivity contribution in [3.63, 3.8) is 0 Å². The van der Waals surface area contributed by atoms with Gasteiger partial charge >= 0.3 is 0 Å². The number of nitrogens with zero attached hydrogens (tertiary/aromatic N) is 3. The van der Waals surface area contributed by atoms with E-state index in [4.69, 9.17) is 0 Å². The predicted octanol–water partition coefficient (Wildman–Crippen LogP) is 3.61. The minimum atomic E-state index is 0.904. The van der Waals surface area contributed by atoms with Gasteiger partial charge in [-0.05, 0) is 31.9 Å². The normalized spacial score (nSPS) is 11.2. The van der Waals surface area contributed by atoms with Crippen LogP contribution in [0.1, 0.15) is 23.6 Å². The summed E-state index contributed by atoms with van der Waals surface area (Å²) in [7, 11) is 0. The van der Waals surface area contributed by atoms with Crippen LogP contribution in [0.3, 0.4) is 0 Å². The first-order valence-corrected chi connectivity index (χ1v) is 5.54. The first-order chi connectivity index (χ1) is 8.20. The maximum absolute atomic E-state index is 4.43. The third-order valence-electron chi connectivity index (χ3n) is 3.01. The first kappa shape index (κ1) is 11.5. The summed E-state index contributed by atoms with van der Waals surface area (Å²) in [4.78, 5) is 12.9. The zero-order valence-corrected chi connectivity index (χ0v) is 10.4. The van der Waals surface area contributed by atoms with Gasteiger partial charge in [0.2, 0.25) is 0 Å². The van der Waals surface area contributed by atoms with E-state index in [9.17, 15) is 0 Å². The molecule has 0 fully saturated rings. The monoisotopic (exact) mass is 225 g/mol. The summed E-state index contributed by atoms with van der Waals surface area (Å²) in [5.74, 6) is 0. The minimum Gasteiger partial charge on any atom is -0.260 e. The molecule has 3 nitrogen and oxygen atoms in total. The van der Waals surface area contributed by atoms with Crippen molar-refractivity contribution in [1.29, 1.82) is 0 Å². The van der Waals surface area contributed by atoms with E-state index in [1.807, 2.05) is 19.2 Å². The van der Waals surface area contributed by atoms with Crippen LogP contribution in [0, 0.1) is 13.8 Å². The molecule has 0 amide bonds. The van der Waals surface area contributed by atoms with E-state index < -0.39 is 0 Å². The second-order valence-corrected chi connectivity index (χ2v) is 3.89. The Morgan fingerprint density at radius 2 is 2.06 bits per heavy atom. The lowest BCUT2D eigenvalue weighted by Gasteiger charge is -2.12. The molecule has 0 aliphatic rings. The Kier molecular flexibility index (Phi) is 3.00. The SMILES string of the molecule is C=Cc1c(C)c(C)c2ncncc2c1/N=C\C. The predicted molar refractivity (Wildman–Crippen MR) is 72.9 cm³/mol. The average molecular weight is 225 g/mol. The Morgan fingerprint density at radius 3 is 2.71 bits per heavy atom. The highest BCUT2D eigenvalue weighted by atomic mass is 14.8. The largest absolute Gasteiger partial charge is 0.260 e. The second-order valence-electron chi connectivity index (χ2n) is 3.89. The Hall–Kier alpha value is -2.03. The molecule has 1 heterocycles. The molecular weight excluding hydrogens is 210 g/mol. The van der Waals surface area contributed by atoms with Crippen LogP contribution in [0.4, 0.5) is 5.69 Å². The highest BCUT2D eigenvalue weighted by molar-refractivity contribution is 5.98. The highest BCUT2D eigenvalue weighted by Crippen LogP contribution is 2.34. The van der Waals surface area contributed by atoms with Crippen LogP contribution in [0.15, 0.2) is 24.1 Å². The van der Waals surface area contributed by atoms with Gasteiger partial charge in [0, 0.05) is 23.4 Å². The summed E-state index contributed by atoms with van der Waals surface area (Å²) in [5.41, 5.74) is 5.26. The Labute approximate surface area is 101 Å². The molecule has 0 atom stereocenters. The maximum Gasteiger partial charge on any atom is 0.116 e. The van der Waals surface area contributed by atoms with E-state index in [0.717, 1.165) is 27.7 Å². The molecule has 3 heteroatoms. The number of hydrogen-bond donors (Lipinski definition) is 0. The number of benzene rings is 1. The number of aliphatic imine (C=N–C) groups is 1. The van der Waals surface area contributed by atoms with Crippen molar-refractivity contribution in [2.45, 2.75) is 20.8 Å². The molecule has 0 spiro atoms. The third-order valence-corrected chi connectivity index (χ3v) is 3.01. The first-order valence-electron chi connectivity index (χ1n) is 5.54. The molecule has 0 bridgehead atoms. The van der Waals surface area contributed by atoms with Gasteiger partial charge in [-0.2, -0.15) is 0 Å². The van der Waals surface area contributed by atoms with Gasteiger partial charge in [0.25, 0.3) is 0 Å². The lowest BCUT2D eigenvalue weighted by molar-refractivity contribution is 1.20. The molecule has 0 saturated carbocycles. The van der Waals surface area contributed by atoms with Gasteiger partial charge in [0.15, 0.2) is 0 Å². The van der Waals surface area contributed by atoms with Crippen molar-refractivity contribution in [2.24, 2.45) is 4.99 Å². The quantitative estimate of drug-likeness (QED) is 0.732. The zero-order valence-electron chi connectivity index (χ0n) is 10.4. The molecule has 1 aromatic carbocycles. The van der Waals surface area contributed by atoms with Crippen LogP contribution in [0.25, 0.3) is 17.0 Å². The highest BCUT2D eigenvalue weighted by Gasteiger charge is 2.12. The van der Waals surface area contributed by atoms with Crippen LogP contribution in [0.2, 0.25) is 0 Å². The zero-order chi connectivity index (χ0) is 12.4. The van der Waals surface area contributed by atoms with Gasteiger partial charge < -0.3 is 0 Å². The smallest absolute Gasteiger partial charge is 0.116 e. The lowest BCUT2D eigenvalue weighted by Crippen LogP contribution is -1.93. The molecule has 0 aliphatic heterocycles. The average Bonchev–Trinajstić information content (AvgIpc) is 2.36. The standard InChI is InChI=1S/C14H15N3/c1-5-11-9(3)10(4)13-12(7-15-8-17-13)14(11)16-6-2/h5-8H,1H2,2-4H3/b16-6-. The third kappa shape index (κ3) is 1.73. The molecule has 0 aliphatic carbocycles. The molecule has 0 unspecified atom stereocenters. The number of aryl methyl sites for hydroxylation is 1. The van der Waals surface area contributed by atoms with Crippen molar-refractivity contribution < 1.29 is 0 Å². The second kappa shape index (κ2) is 4.45. The Balaban J connectivity index is 3.01. The van der Waals surface area contributed by atoms with Crippen molar-refractivity contribution in [2.75, 3.05) is 0 Å². The molecule has 0 radical (unpaired) electrons. The van der Waals surface area contributed by atoms with E-state index >= 15 is 0 Å². The maximum atomic E-state index is 4.43. The topological polar surface area (TPSA) is 38.1 Å². The van der Waals surface area contributed by atoms with Crippen molar-refractivity contribution in [3.8, 4) is 0 Å². The van der Waals surface area contributed by atoms with E-state index in [1.54, 1.807) is 12.5 Å². The van der Waals surface area contributed by atoms with Gasteiger partial charge in [-0.3, -0.25) is 4.99 Å². The molecule has 2 aromatic rings. The summed E-state index contributed by atoms with van der Waals surface area (Å²) in [6.07, 6.45) is 7.01. The van der Waals surface area contributed by atoms with Crippen LogP contribution < -0.4 is 0 Å². The summed E-state index contributed by atoms with van der Waals surface area (Å²) >= 11 is 0. The molecule has 1 aromatic heterocycles. The lowest BCUT2D eigenvalue weighted by atomic mass is 9.97. The Bertz CT molecular complexity index is 612. The van der Waals surface area contributed by atoms with Gasteiger partial charge in [-0.1, -0.05) is 12.7 Å². The summed E-state index contributed by atoms with van der Waals surface area (Å²) in [6.45, 7) is 9.91. The summed E-state index contributed by atoms with van der Waals surface area (Å²) in [5, 5.41) is 0.976. The van der Waals surface area contributed by atoms with Crippen LogP contribution >= 0.6 is 0 Å². The minimum absolute atomic E-state index is 0.904. The number of hydrogen-bond acceptors (Lipinski definition) is 3. The van der Waals surface area contributed by atoms with E-state index in [1.165, 1.54) is 5.56 Å². The summed E-state index contributed by atoms with van der Waals surface area (Å²) in [6, 6.07) is 0.